The summed E-state index contributed by atoms with van der Waals surface area (Å²) in [5.74, 6) is 0.514. The summed E-state index contributed by atoms with van der Waals surface area (Å²) in [5, 5.41) is 11.1. The molecule has 0 aliphatic carbocycles. The third-order valence-corrected chi connectivity index (χ3v) is 2.64. The molecule has 0 aliphatic rings. The number of rotatable bonds is 6. The van der Waals surface area contributed by atoms with Crippen LogP contribution in [0, 0.1) is 10.1 Å². The van der Waals surface area contributed by atoms with Gasteiger partial charge in [-0.15, -0.1) is 0 Å². The Morgan fingerprint density at radius 1 is 1.47 bits per heavy atom. The zero-order valence-electron chi connectivity index (χ0n) is 9.11. The maximum absolute atomic E-state index is 12.0. The molecule has 0 unspecified atom stereocenters. The molecule has 0 saturated heterocycles. The fourth-order valence-electron chi connectivity index (χ4n) is 1.29. The molecule has 0 aliphatic heterocycles. The van der Waals surface area contributed by atoms with Crippen molar-refractivity contribution in [3.63, 3.8) is 0 Å². The highest BCUT2D eigenvalue weighted by atomic mass is 79.9. The Kier molecular flexibility index (Phi) is 5.14. The summed E-state index contributed by atoms with van der Waals surface area (Å²) in [6.07, 6.45) is 0. The van der Waals surface area contributed by atoms with Gasteiger partial charge in [-0.05, 0) is 6.07 Å². The number of hydrogen-bond donors (Lipinski definition) is 0. The van der Waals surface area contributed by atoms with Crippen LogP contribution in [0.5, 0.6) is 11.5 Å². The van der Waals surface area contributed by atoms with Crippen molar-refractivity contribution in [2.75, 3.05) is 20.4 Å². The van der Waals surface area contributed by atoms with E-state index in [1.807, 2.05) is 0 Å². The Balaban J connectivity index is 3.18. The number of nitro benzene ring substituents is 1. The predicted molar refractivity (Wildman–Crippen MR) is 63.7 cm³/mol. The lowest BCUT2D eigenvalue weighted by Crippen LogP contribution is -2.03. The molecular formula is C10H11BrFNO4. The minimum Gasteiger partial charge on any atom is -0.493 e. The number of nitrogens with zero attached hydrogens (tertiary/aromatic N) is 1. The summed E-state index contributed by atoms with van der Waals surface area (Å²) in [6.45, 7) is -0.835. The van der Waals surface area contributed by atoms with E-state index in [1.54, 1.807) is 0 Å². The second-order valence-corrected chi connectivity index (χ2v) is 3.62. The van der Waals surface area contributed by atoms with Gasteiger partial charge in [-0.3, -0.25) is 10.1 Å². The van der Waals surface area contributed by atoms with Gasteiger partial charge in [0.25, 0.3) is 5.69 Å². The molecule has 1 rings (SSSR count). The molecule has 0 atom stereocenters. The van der Waals surface area contributed by atoms with E-state index >= 15 is 0 Å². The van der Waals surface area contributed by atoms with E-state index in [2.05, 4.69) is 15.9 Å². The zero-order valence-corrected chi connectivity index (χ0v) is 10.7. The highest BCUT2D eigenvalue weighted by molar-refractivity contribution is 9.08. The quantitative estimate of drug-likeness (QED) is 0.460. The molecular weight excluding hydrogens is 297 g/mol. The number of benzene rings is 1. The number of methoxy groups -OCH3 is 1. The van der Waals surface area contributed by atoms with Crippen molar-refractivity contribution in [1.82, 2.24) is 0 Å². The zero-order chi connectivity index (χ0) is 12.8. The number of halogens is 2. The molecule has 5 nitrogen and oxygen atoms in total. The molecule has 1 aromatic rings. The largest absolute Gasteiger partial charge is 0.493 e. The van der Waals surface area contributed by atoms with Crippen LogP contribution in [-0.2, 0) is 5.33 Å². The van der Waals surface area contributed by atoms with E-state index in [4.69, 9.17) is 9.47 Å². The number of nitro groups is 1. The third-order valence-electron chi connectivity index (χ3n) is 2.04. The highest BCUT2D eigenvalue weighted by Gasteiger charge is 2.18. The lowest BCUT2D eigenvalue weighted by atomic mass is 10.2. The number of ether oxygens (including phenoxy) is 2. The summed E-state index contributed by atoms with van der Waals surface area (Å²) in [4.78, 5) is 10.3. The van der Waals surface area contributed by atoms with Gasteiger partial charge in [-0.1, -0.05) is 15.9 Å². The lowest BCUT2D eigenvalue weighted by Gasteiger charge is -2.10. The summed E-state index contributed by atoms with van der Waals surface area (Å²) >= 11 is 3.16. The van der Waals surface area contributed by atoms with E-state index in [0.29, 0.717) is 16.6 Å². The van der Waals surface area contributed by atoms with Gasteiger partial charge in [0.05, 0.1) is 18.1 Å². The van der Waals surface area contributed by atoms with Gasteiger partial charge < -0.3 is 9.47 Å². The number of hydrogen-bond acceptors (Lipinski definition) is 4. The van der Waals surface area contributed by atoms with Crippen molar-refractivity contribution in [1.29, 1.82) is 0 Å². The van der Waals surface area contributed by atoms with Crippen LogP contribution in [0.3, 0.4) is 0 Å². The topological polar surface area (TPSA) is 61.6 Å². The Bertz CT molecular complexity index is 414. The van der Waals surface area contributed by atoms with Crippen molar-refractivity contribution >= 4 is 21.6 Å². The lowest BCUT2D eigenvalue weighted by molar-refractivity contribution is -0.385. The molecule has 0 spiro atoms. The molecule has 0 heterocycles. The van der Waals surface area contributed by atoms with E-state index < -0.39 is 11.6 Å². The Labute approximate surface area is 106 Å². The second-order valence-electron chi connectivity index (χ2n) is 3.06. The van der Waals surface area contributed by atoms with Crippen LogP contribution in [-0.4, -0.2) is 25.3 Å². The molecule has 0 fully saturated rings. The van der Waals surface area contributed by atoms with Gasteiger partial charge in [0.1, 0.15) is 13.3 Å². The first-order valence-electron chi connectivity index (χ1n) is 4.74. The van der Waals surface area contributed by atoms with Crippen LogP contribution >= 0.6 is 15.9 Å². The van der Waals surface area contributed by atoms with Gasteiger partial charge in [-0.2, -0.15) is 0 Å². The first-order valence-corrected chi connectivity index (χ1v) is 5.86. The van der Waals surface area contributed by atoms with Crippen LogP contribution in [0.2, 0.25) is 0 Å². The van der Waals surface area contributed by atoms with E-state index in [-0.39, 0.29) is 18.0 Å². The normalized spacial score (nSPS) is 10.1. The molecule has 0 radical (unpaired) electrons. The highest BCUT2D eigenvalue weighted by Crippen LogP contribution is 2.35. The molecule has 0 aromatic heterocycles. The van der Waals surface area contributed by atoms with Crippen LogP contribution in [0.15, 0.2) is 12.1 Å². The summed E-state index contributed by atoms with van der Waals surface area (Å²) in [6, 6.07) is 2.74. The van der Waals surface area contributed by atoms with Crippen LogP contribution in [0.25, 0.3) is 0 Å². The molecule has 0 N–H and O–H groups in total. The SMILES string of the molecule is COc1cc(CBr)c([N+](=O)[O-])cc1OCCF. The van der Waals surface area contributed by atoms with Gasteiger partial charge in [0.15, 0.2) is 11.5 Å². The first-order chi connectivity index (χ1) is 8.13. The second kappa shape index (κ2) is 6.39. The molecule has 0 bridgehead atoms. The van der Waals surface area contributed by atoms with E-state index in [9.17, 15) is 14.5 Å². The van der Waals surface area contributed by atoms with Crippen molar-refractivity contribution in [3.05, 3.63) is 27.8 Å². The minimum atomic E-state index is -0.669. The van der Waals surface area contributed by atoms with Gasteiger partial charge in [-0.25, -0.2) is 4.39 Å². The smallest absolute Gasteiger partial charge is 0.277 e. The van der Waals surface area contributed by atoms with Gasteiger partial charge in [0, 0.05) is 10.9 Å². The number of alkyl halides is 2. The standard InChI is InChI=1S/C10H11BrFNO4/c1-16-9-4-7(6-11)8(13(14)15)5-10(9)17-3-2-12/h4-5H,2-3,6H2,1H3. The fraction of sp³-hybridized carbons (Fsp3) is 0.400. The minimum absolute atomic E-state index is 0.0865. The average molecular weight is 308 g/mol. The van der Waals surface area contributed by atoms with Gasteiger partial charge in [0.2, 0.25) is 0 Å². The Hall–Kier alpha value is -1.37. The third kappa shape index (κ3) is 3.29. The molecule has 0 amide bonds. The van der Waals surface area contributed by atoms with E-state index in [0.717, 1.165) is 0 Å². The Morgan fingerprint density at radius 3 is 2.65 bits per heavy atom. The summed E-state index contributed by atoms with van der Waals surface area (Å²) in [5.41, 5.74) is 0.385. The first kappa shape index (κ1) is 13.7. The molecule has 0 saturated carbocycles. The molecule has 1 aromatic carbocycles. The van der Waals surface area contributed by atoms with Crippen LogP contribution in [0.4, 0.5) is 10.1 Å². The van der Waals surface area contributed by atoms with Gasteiger partial charge >= 0.3 is 0 Å². The maximum atomic E-state index is 12.0. The monoisotopic (exact) mass is 307 g/mol. The fourth-order valence-corrected chi connectivity index (χ4v) is 1.74. The summed E-state index contributed by atoms with van der Waals surface area (Å²) in [7, 11) is 1.42. The molecule has 94 valence electrons. The Morgan fingerprint density at radius 2 is 2.18 bits per heavy atom. The van der Waals surface area contributed by atoms with Crippen LogP contribution < -0.4 is 9.47 Å². The van der Waals surface area contributed by atoms with Crippen molar-refractivity contribution in [2.45, 2.75) is 5.33 Å². The average Bonchev–Trinajstić information content (AvgIpc) is 2.34. The predicted octanol–water partition coefficient (Wildman–Crippen LogP) is 2.85. The molecule has 17 heavy (non-hydrogen) atoms. The van der Waals surface area contributed by atoms with E-state index in [1.165, 1.54) is 19.2 Å². The van der Waals surface area contributed by atoms with Crippen molar-refractivity contribution in [2.24, 2.45) is 0 Å². The van der Waals surface area contributed by atoms with Crippen molar-refractivity contribution in [3.8, 4) is 11.5 Å². The van der Waals surface area contributed by atoms with Crippen LogP contribution in [0.1, 0.15) is 5.56 Å². The summed E-state index contributed by atoms with van der Waals surface area (Å²) < 4.78 is 22.1. The van der Waals surface area contributed by atoms with Crippen molar-refractivity contribution < 1.29 is 18.8 Å². The molecule has 7 heteroatoms. The maximum Gasteiger partial charge on any atom is 0.277 e.